The Morgan fingerprint density at radius 3 is 2.39 bits per heavy atom. The molecule has 0 atom stereocenters. The molecule has 3 aromatic rings. The van der Waals surface area contributed by atoms with Crippen molar-refractivity contribution in [2.45, 2.75) is 0 Å². The summed E-state index contributed by atoms with van der Waals surface area (Å²) in [5.74, 6) is -1.60. The number of hydrogen-bond acceptors (Lipinski definition) is 4. The third-order valence-electron chi connectivity index (χ3n) is 4.00. The molecule has 0 aliphatic rings. The Kier molecular flexibility index (Phi) is 6.29. The van der Waals surface area contributed by atoms with E-state index >= 15 is 0 Å². The molecule has 1 N–H and O–H groups in total. The molecule has 142 valence electrons. The van der Waals surface area contributed by atoms with Gasteiger partial charge in [-0.15, -0.1) is 0 Å². The van der Waals surface area contributed by atoms with Gasteiger partial charge in [-0.05, 0) is 41.1 Å². The Bertz CT molecular complexity index is 1070. The first kappa shape index (κ1) is 19.9. The van der Waals surface area contributed by atoms with Gasteiger partial charge < -0.3 is 10.1 Å². The smallest absolute Gasteiger partial charge is 0.325 e. The van der Waals surface area contributed by atoms with E-state index in [1.54, 1.807) is 12.1 Å². The van der Waals surface area contributed by atoms with E-state index in [0.29, 0.717) is 10.6 Å². The quantitative estimate of drug-likeness (QED) is 0.481. The number of benzene rings is 3. The lowest BCUT2D eigenvalue weighted by Gasteiger charge is -2.08. The number of halogens is 2. The number of carbonyl (C=O) groups is 3. The fraction of sp³-hybridized carbons (Fsp3) is 0.0952. The van der Waals surface area contributed by atoms with Crippen LogP contribution in [0, 0.1) is 0 Å². The van der Waals surface area contributed by atoms with E-state index in [2.05, 4.69) is 5.32 Å². The molecule has 5 nitrogen and oxygen atoms in total. The molecule has 0 bridgehead atoms. The number of nitrogens with one attached hydrogen (secondary N) is 1. The summed E-state index contributed by atoms with van der Waals surface area (Å²) in [4.78, 5) is 36.1. The molecule has 0 aliphatic carbocycles. The lowest BCUT2D eigenvalue weighted by Crippen LogP contribution is -2.31. The summed E-state index contributed by atoms with van der Waals surface area (Å²) >= 11 is 11.7. The van der Waals surface area contributed by atoms with E-state index in [-0.39, 0.29) is 17.1 Å². The Labute approximate surface area is 171 Å². The standard InChI is InChI=1S/C21H15Cl2NO4/c22-16-7-8-17(18(23)10-16)19(25)12-28-20(26)11-24-21(27)15-6-5-13-3-1-2-4-14(13)9-15/h1-10H,11-12H2,(H,24,27). The lowest BCUT2D eigenvalue weighted by atomic mass is 10.1. The van der Waals surface area contributed by atoms with Crippen molar-refractivity contribution in [3.8, 4) is 0 Å². The van der Waals surface area contributed by atoms with E-state index < -0.39 is 24.3 Å². The van der Waals surface area contributed by atoms with Gasteiger partial charge in [0.15, 0.2) is 6.61 Å². The molecule has 7 heteroatoms. The minimum Gasteiger partial charge on any atom is -0.456 e. The molecular weight excluding hydrogens is 401 g/mol. The zero-order chi connectivity index (χ0) is 20.1. The molecule has 0 aromatic heterocycles. The van der Waals surface area contributed by atoms with Crippen molar-refractivity contribution in [2.75, 3.05) is 13.2 Å². The zero-order valence-corrected chi connectivity index (χ0v) is 16.1. The second-order valence-electron chi connectivity index (χ2n) is 5.95. The predicted molar refractivity (Wildman–Crippen MR) is 108 cm³/mol. The number of rotatable bonds is 6. The highest BCUT2D eigenvalue weighted by Gasteiger charge is 2.14. The van der Waals surface area contributed by atoms with E-state index in [9.17, 15) is 14.4 Å². The van der Waals surface area contributed by atoms with Crippen LogP contribution >= 0.6 is 23.2 Å². The molecule has 0 radical (unpaired) electrons. The second kappa shape index (κ2) is 8.87. The fourth-order valence-corrected chi connectivity index (χ4v) is 3.09. The van der Waals surface area contributed by atoms with Crippen molar-refractivity contribution >= 4 is 51.6 Å². The first-order valence-corrected chi connectivity index (χ1v) is 9.10. The maximum atomic E-state index is 12.2. The summed E-state index contributed by atoms with van der Waals surface area (Å²) in [6, 6.07) is 17.3. The molecular formula is C21H15Cl2NO4. The predicted octanol–water partition coefficient (Wildman–Crippen LogP) is 4.30. The molecule has 28 heavy (non-hydrogen) atoms. The van der Waals surface area contributed by atoms with Gasteiger partial charge in [0.1, 0.15) is 6.54 Å². The maximum Gasteiger partial charge on any atom is 0.325 e. The van der Waals surface area contributed by atoms with Crippen molar-refractivity contribution in [2.24, 2.45) is 0 Å². The monoisotopic (exact) mass is 415 g/mol. The summed E-state index contributed by atoms with van der Waals surface area (Å²) in [7, 11) is 0. The number of hydrogen-bond donors (Lipinski definition) is 1. The van der Waals surface area contributed by atoms with E-state index in [1.807, 2.05) is 30.3 Å². The van der Waals surface area contributed by atoms with Crippen molar-refractivity contribution in [1.82, 2.24) is 5.32 Å². The van der Waals surface area contributed by atoms with Crippen LogP contribution in [-0.2, 0) is 9.53 Å². The van der Waals surface area contributed by atoms with Gasteiger partial charge >= 0.3 is 5.97 Å². The SMILES string of the molecule is O=C(CNC(=O)c1ccc2ccccc2c1)OCC(=O)c1ccc(Cl)cc1Cl. The van der Waals surface area contributed by atoms with Crippen LogP contribution in [0.15, 0.2) is 60.7 Å². The molecule has 0 saturated carbocycles. The van der Waals surface area contributed by atoms with E-state index in [1.165, 1.54) is 18.2 Å². The minimum atomic E-state index is -0.729. The van der Waals surface area contributed by atoms with Gasteiger partial charge in [0, 0.05) is 16.1 Å². The first-order valence-electron chi connectivity index (χ1n) is 8.35. The van der Waals surface area contributed by atoms with Crippen LogP contribution < -0.4 is 5.32 Å². The van der Waals surface area contributed by atoms with Crippen LogP contribution in [0.2, 0.25) is 10.0 Å². The number of amides is 1. The van der Waals surface area contributed by atoms with Crippen LogP contribution in [0.1, 0.15) is 20.7 Å². The number of Topliss-reactive ketones (excluding diaryl/α,β-unsaturated/α-hetero) is 1. The van der Waals surface area contributed by atoms with E-state index in [4.69, 9.17) is 27.9 Å². The van der Waals surface area contributed by atoms with Crippen molar-refractivity contribution in [1.29, 1.82) is 0 Å². The number of ketones is 1. The molecule has 0 aliphatic heterocycles. The molecule has 0 heterocycles. The van der Waals surface area contributed by atoms with Crippen LogP contribution in [0.3, 0.4) is 0 Å². The summed E-state index contributed by atoms with van der Waals surface area (Å²) in [5, 5.41) is 4.99. The number of esters is 1. The van der Waals surface area contributed by atoms with Gasteiger partial charge in [0.25, 0.3) is 5.91 Å². The molecule has 0 saturated heterocycles. The van der Waals surface area contributed by atoms with Gasteiger partial charge in [-0.25, -0.2) is 0 Å². The molecule has 1 amide bonds. The number of fused-ring (bicyclic) bond motifs is 1. The second-order valence-corrected chi connectivity index (χ2v) is 6.80. The van der Waals surface area contributed by atoms with Gasteiger partial charge in [-0.1, -0.05) is 53.5 Å². The normalized spacial score (nSPS) is 10.5. The third-order valence-corrected chi connectivity index (χ3v) is 4.55. The van der Waals surface area contributed by atoms with Crippen LogP contribution in [0.25, 0.3) is 10.8 Å². The van der Waals surface area contributed by atoms with Gasteiger partial charge in [-0.3, -0.25) is 14.4 Å². The average Bonchev–Trinajstić information content (AvgIpc) is 2.69. The van der Waals surface area contributed by atoms with Crippen molar-refractivity contribution in [3.63, 3.8) is 0 Å². The maximum absolute atomic E-state index is 12.2. The summed E-state index contributed by atoms with van der Waals surface area (Å²) in [5.41, 5.74) is 0.634. The Hall–Kier alpha value is -2.89. The fourth-order valence-electron chi connectivity index (χ4n) is 2.58. The van der Waals surface area contributed by atoms with Crippen LogP contribution in [0.4, 0.5) is 0 Å². The molecule has 0 spiro atoms. The number of ether oxygens (including phenoxy) is 1. The van der Waals surface area contributed by atoms with Gasteiger partial charge in [-0.2, -0.15) is 0 Å². The summed E-state index contributed by atoms with van der Waals surface area (Å²) in [6.07, 6.45) is 0. The minimum absolute atomic E-state index is 0.179. The van der Waals surface area contributed by atoms with Gasteiger partial charge in [0.05, 0.1) is 5.02 Å². The Balaban J connectivity index is 1.51. The third kappa shape index (κ3) is 4.88. The van der Waals surface area contributed by atoms with Gasteiger partial charge in [0.2, 0.25) is 5.78 Å². The van der Waals surface area contributed by atoms with Crippen LogP contribution in [-0.4, -0.2) is 30.8 Å². The number of carbonyl (C=O) groups excluding carboxylic acids is 3. The molecule has 3 aromatic carbocycles. The van der Waals surface area contributed by atoms with E-state index in [0.717, 1.165) is 10.8 Å². The first-order chi connectivity index (χ1) is 13.4. The average molecular weight is 416 g/mol. The molecule has 0 unspecified atom stereocenters. The highest BCUT2D eigenvalue weighted by atomic mass is 35.5. The molecule has 0 fully saturated rings. The summed E-state index contributed by atoms with van der Waals surface area (Å²) in [6.45, 7) is -0.834. The zero-order valence-electron chi connectivity index (χ0n) is 14.6. The van der Waals surface area contributed by atoms with Crippen LogP contribution in [0.5, 0.6) is 0 Å². The highest BCUT2D eigenvalue weighted by molar-refractivity contribution is 6.36. The molecule has 3 rings (SSSR count). The topological polar surface area (TPSA) is 72.5 Å². The van der Waals surface area contributed by atoms with Crippen molar-refractivity contribution in [3.05, 3.63) is 81.8 Å². The van der Waals surface area contributed by atoms with Crippen molar-refractivity contribution < 1.29 is 19.1 Å². The largest absolute Gasteiger partial charge is 0.456 e. The lowest BCUT2D eigenvalue weighted by molar-refractivity contribution is -0.141. The highest BCUT2D eigenvalue weighted by Crippen LogP contribution is 2.21. The summed E-state index contributed by atoms with van der Waals surface area (Å²) < 4.78 is 4.91. The Morgan fingerprint density at radius 2 is 1.64 bits per heavy atom. The Morgan fingerprint density at radius 1 is 0.893 bits per heavy atom.